The lowest BCUT2D eigenvalue weighted by Crippen LogP contribution is -2.24. The summed E-state index contributed by atoms with van der Waals surface area (Å²) in [6, 6.07) is 13.7. The summed E-state index contributed by atoms with van der Waals surface area (Å²) in [5, 5.41) is 3.38. The van der Waals surface area contributed by atoms with Gasteiger partial charge in [-0.3, -0.25) is 0 Å². The van der Waals surface area contributed by atoms with E-state index in [-0.39, 0.29) is 11.9 Å². The maximum Gasteiger partial charge on any atom is 0.130 e. The van der Waals surface area contributed by atoms with Gasteiger partial charge in [0.2, 0.25) is 0 Å². The molecule has 20 heavy (non-hydrogen) atoms. The first-order valence-corrected chi connectivity index (χ1v) is 7.64. The Morgan fingerprint density at radius 3 is 2.65 bits per heavy atom. The van der Waals surface area contributed by atoms with E-state index in [2.05, 4.69) is 33.4 Å². The minimum atomic E-state index is -0.103. The van der Waals surface area contributed by atoms with E-state index in [4.69, 9.17) is 0 Å². The number of benzene rings is 2. The van der Waals surface area contributed by atoms with E-state index in [1.165, 1.54) is 5.56 Å². The third-order valence-corrected chi connectivity index (χ3v) is 3.87. The molecule has 0 saturated carbocycles. The van der Waals surface area contributed by atoms with Crippen molar-refractivity contribution >= 4 is 15.9 Å². The highest BCUT2D eigenvalue weighted by atomic mass is 79.9. The second kappa shape index (κ2) is 7.00. The zero-order valence-corrected chi connectivity index (χ0v) is 13.4. The summed E-state index contributed by atoms with van der Waals surface area (Å²) in [6.45, 7) is 4.66. The molecule has 3 heteroatoms. The molecule has 0 aliphatic heterocycles. The Bertz CT molecular complexity index is 583. The normalized spacial score (nSPS) is 12.4. The van der Waals surface area contributed by atoms with Crippen LogP contribution in [0, 0.1) is 12.7 Å². The van der Waals surface area contributed by atoms with Crippen molar-refractivity contribution in [2.45, 2.75) is 26.3 Å². The van der Waals surface area contributed by atoms with Crippen LogP contribution in [0.4, 0.5) is 4.39 Å². The van der Waals surface area contributed by atoms with Crippen molar-refractivity contribution < 1.29 is 4.39 Å². The molecule has 2 rings (SSSR count). The van der Waals surface area contributed by atoms with Gasteiger partial charge in [-0.2, -0.15) is 0 Å². The molecule has 1 unspecified atom stereocenters. The van der Waals surface area contributed by atoms with Gasteiger partial charge in [-0.15, -0.1) is 0 Å². The summed E-state index contributed by atoms with van der Waals surface area (Å²) in [5.74, 6) is -0.103. The fourth-order valence-corrected chi connectivity index (χ4v) is 2.82. The van der Waals surface area contributed by atoms with Gasteiger partial charge in [-0.25, -0.2) is 4.39 Å². The minimum Gasteiger partial charge on any atom is -0.310 e. The minimum absolute atomic E-state index is 0.00537. The average molecular weight is 336 g/mol. The van der Waals surface area contributed by atoms with Gasteiger partial charge >= 0.3 is 0 Å². The van der Waals surface area contributed by atoms with Crippen molar-refractivity contribution in [3.8, 4) is 0 Å². The van der Waals surface area contributed by atoms with E-state index in [0.29, 0.717) is 5.56 Å². The summed E-state index contributed by atoms with van der Waals surface area (Å²) in [5.41, 5.74) is 2.62. The monoisotopic (exact) mass is 335 g/mol. The van der Waals surface area contributed by atoms with Crippen LogP contribution in [0.3, 0.4) is 0 Å². The van der Waals surface area contributed by atoms with Crippen molar-refractivity contribution in [2.75, 3.05) is 6.54 Å². The van der Waals surface area contributed by atoms with E-state index in [1.807, 2.05) is 31.2 Å². The number of rotatable bonds is 5. The second-order valence-corrected chi connectivity index (χ2v) is 5.84. The first-order valence-electron chi connectivity index (χ1n) is 6.84. The summed E-state index contributed by atoms with van der Waals surface area (Å²) < 4.78 is 15.4. The molecule has 0 fully saturated rings. The maximum atomic E-state index is 14.3. The van der Waals surface area contributed by atoms with Crippen molar-refractivity contribution in [1.29, 1.82) is 0 Å². The molecule has 0 radical (unpaired) electrons. The van der Waals surface area contributed by atoms with Gasteiger partial charge < -0.3 is 5.32 Å². The Hall–Kier alpha value is -1.19. The Morgan fingerprint density at radius 2 is 1.95 bits per heavy atom. The summed E-state index contributed by atoms with van der Waals surface area (Å²) in [4.78, 5) is 0. The van der Waals surface area contributed by atoms with Crippen LogP contribution in [0.15, 0.2) is 46.9 Å². The molecule has 0 aromatic heterocycles. The molecule has 2 aromatic rings. The highest BCUT2D eigenvalue weighted by molar-refractivity contribution is 9.10. The number of aryl methyl sites for hydroxylation is 1. The van der Waals surface area contributed by atoms with Gasteiger partial charge in [-0.1, -0.05) is 53.2 Å². The van der Waals surface area contributed by atoms with Gasteiger partial charge in [0.25, 0.3) is 0 Å². The molecule has 0 aliphatic rings. The van der Waals surface area contributed by atoms with Crippen LogP contribution >= 0.6 is 15.9 Å². The van der Waals surface area contributed by atoms with Crippen molar-refractivity contribution in [1.82, 2.24) is 5.32 Å². The second-order valence-electron chi connectivity index (χ2n) is 4.92. The number of hydrogen-bond acceptors (Lipinski definition) is 1. The van der Waals surface area contributed by atoms with Crippen LogP contribution in [0.1, 0.15) is 29.7 Å². The average Bonchev–Trinajstić information content (AvgIpc) is 2.42. The summed E-state index contributed by atoms with van der Waals surface area (Å²) in [7, 11) is 0. The lowest BCUT2D eigenvalue weighted by molar-refractivity contribution is 0.507. The van der Waals surface area contributed by atoms with Gasteiger partial charge in [-0.05, 0) is 43.1 Å². The molecule has 0 amide bonds. The third kappa shape index (κ3) is 3.68. The Labute approximate surface area is 128 Å². The highest BCUT2D eigenvalue weighted by Gasteiger charge is 2.16. The van der Waals surface area contributed by atoms with Crippen LogP contribution in [-0.2, 0) is 6.42 Å². The molecule has 1 atom stereocenters. The highest BCUT2D eigenvalue weighted by Crippen LogP contribution is 2.24. The number of hydrogen-bond donors (Lipinski definition) is 1. The number of nitrogens with one attached hydrogen (secondary N) is 1. The van der Waals surface area contributed by atoms with E-state index < -0.39 is 0 Å². The predicted molar refractivity (Wildman–Crippen MR) is 85.4 cm³/mol. The Balaban J connectivity index is 2.29. The zero-order chi connectivity index (χ0) is 14.5. The smallest absolute Gasteiger partial charge is 0.130 e. The van der Waals surface area contributed by atoms with Gasteiger partial charge in [0.15, 0.2) is 0 Å². The molecule has 106 valence electrons. The fourth-order valence-electron chi connectivity index (χ4n) is 2.38. The van der Waals surface area contributed by atoms with Gasteiger partial charge in [0.05, 0.1) is 0 Å². The van der Waals surface area contributed by atoms with Gasteiger partial charge in [0.1, 0.15) is 5.82 Å². The molecule has 1 nitrogen and oxygen atoms in total. The van der Waals surface area contributed by atoms with E-state index in [0.717, 1.165) is 23.0 Å². The third-order valence-electron chi connectivity index (χ3n) is 3.38. The summed E-state index contributed by atoms with van der Waals surface area (Å²) >= 11 is 3.48. The first kappa shape index (κ1) is 15.2. The first-order chi connectivity index (χ1) is 9.61. The van der Waals surface area contributed by atoms with Crippen LogP contribution in [0.25, 0.3) is 0 Å². The van der Waals surface area contributed by atoms with Crippen molar-refractivity contribution in [3.63, 3.8) is 0 Å². The largest absolute Gasteiger partial charge is 0.310 e. The molecule has 1 N–H and O–H groups in total. The Kier molecular flexibility index (Phi) is 5.32. The number of halogens is 2. The molecule has 0 aliphatic carbocycles. The predicted octanol–water partition coefficient (Wildman–Crippen LogP) is 4.79. The van der Waals surface area contributed by atoms with Crippen LogP contribution in [0.2, 0.25) is 0 Å². The van der Waals surface area contributed by atoms with E-state index in [9.17, 15) is 4.39 Å². The molecule has 0 heterocycles. The molecule has 0 spiro atoms. The molecule has 2 aromatic carbocycles. The van der Waals surface area contributed by atoms with Crippen LogP contribution in [0.5, 0.6) is 0 Å². The molecular formula is C17H19BrFN. The molecule has 0 bridgehead atoms. The van der Waals surface area contributed by atoms with E-state index in [1.54, 1.807) is 13.0 Å². The van der Waals surface area contributed by atoms with Crippen LogP contribution in [-0.4, -0.2) is 6.54 Å². The van der Waals surface area contributed by atoms with E-state index >= 15 is 0 Å². The van der Waals surface area contributed by atoms with Crippen molar-refractivity contribution in [3.05, 3.63) is 69.4 Å². The van der Waals surface area contributed by atoms with Crippen LogP contribution < -0.4 is 5.32 Å². The lowest BCUT2D eigenvalue weighted by Gasteiger charge is -2.20. The van der Waals surface area contributed by atoms with Gasteiger partial charge in [0, 0.05) is 16.1 Å². The summed E-state index contributed by atoms with van der Waals surface area (Å²) in [6.07, 6.45) is 0.771. The Morgan fingerprint density at radius 1 is 1.20 bits per heavy atom. The molecule has 0 saturated heterocycles. The zero-order valence-electron chi connectivity index (χ0n) is 11.8. The SMILES string of the molecule is CCNC(Cc1cccc(Br)c1)c1cccc(C)c1F. The molecular weight excluding hydrogens is 317 g/mol. The van der Waals surface area contributed by atoms with Crippen molar-refractivity contribution in [2.24, 2.45) is 0 Å². The quantitative estimate of drug-likeness (QED) is 0.828. The lowest BCUT2D eigenvalue weighted by atomic mass is 9.97. The maximum absolute atomic E-state index is 14.3. The number of likely N-dealkylation sites (N-methyl/N-ethyl adjacent to an activating group) is 1. The fraction of sp³-hybridized carbons (Fsp3) is 0.294. The standard InChI is InChI=1S/C17H19BrFN/c1-3-20-16(11-13-7-5-8-14(18)10-13)15-9-4-6-12(2)17(15)19/h4-10,16,20H,3,11H2,1-2H3. The topological polar surface area (TPSA) is 12.0 Å².